The highest BCUT2D eigenvalue weighted by molar-refractivity contribution is 9.11. The third kappa shape index (κ3) is 3.43. The first-order valence-corrected chi connectivity index (χ1v) is 7.59. The van der Waals surface area contributed by atoms with Gasteiger partial charge in [0.1, 0.15) is 12.2 Å². The molecule has 0 radical (unpaired) electrons. The third-order valence-electron chi connectivity index (χ3n) is 2.83. The van der Waals surface area contributed by atoms with Crippen LogP contribution in [0.15, 0.2) is 33.5 Å². The van der Waals surface area contributed by atoms with Crippen LogP contribution < -0.4 is 0 Å². The smallest absolute Gasteiger partial charge is 0.138 e. The van der Waals surface area contributed by atoms with Crippen molar-refractivity contribution in [1.82, 2.24) is 14.8 Å². The Morgan fingerprint density at radius 2 is 2.05 bits per heavy atom. The van der Waals surface area contributed by atoms with Crippen LogP contribution in [0.4, 0.5) is 0 Å². The molecule has 0 saturated carbocycles. The van der Waals surface area contributed by atoms with E-state index >= 15 is 0 Å². The molecule has 0 bridgehead atoms. The van der Waals surface area contributed by atoms with Crippen LogP contribution in [-0.4, -0.2) is 19.9 Å². The van der Waals surface area contributed by atoms with E-state index in [1.165, 1.54) is 6.33 Å². The number of aliphatic hydroxyl groups excluding tert-OH is 1. The van der Waals surface area contributed by atoms with Gasteiger partial charge in [0.15, 0.2) is 0 Å². The van der Waals surface area contributed by atoms with Gasteiger partial charge < -0.3 is 5.11 Å². The van der Waals surface area contributed by atoms with E-state index in [9.17, 15) is 5.11 Å². The normalized spacial score (nSPS) is 12.9. The standard InChI is InChI=1S/C13H15Br2N3O/c1-8(2)18-13(16-7-17-18)6-12(19)10-5-9(14)3-4-11(10)15/h3-5,7-8,12,19H,6H2,1-2H3. The molecule has 1 aromatic heterocycles. The van der Waals surface area contributed by atoms with Crippen LogP contribution in [0, 0.1) is 0 Å². The van der Waals surface area contributed by atoms with Gasteiger partial charge in [-0.25, -0.2) is 9.67 Å². The SMILES string of the molecule is CC(C)n1ncnc1CC(O)c1cc(Br)ccc1Br. The summed E-state index contributed by atoms with van der Waals surface area (Å²) in [6.45, 7) is 4.08. The Labute approximate surface area is 129 Å². The fraction of sp³-hybridized carbons (Fsp3) is 0.385. The summed E-state index contributed by atoms with van der Waals surface area (Å²) < 4.78 is 3.66. The molecule has 2 aromatic rings. The maximum absolute atomic E-state index is 10.4. The Morgan fingerprint density at radius 1 is 1.32 bits per heavy atom. The Bertz CT molecular complexity index is 569. The van der Waals surface area contributed by atoms with Gasteiger partial charge >= 0.3 is 0 Å². The summed E-state index contributed by atoms with van der Waals surface area (Å²) in [5, 5.41) is 14.5. The zero-order chi connectivity index (χ0) is 14.0. The maximum Gasteiger partial charge on any atom is 0.138 e. The predicted molar refractivity (Wildman–Crippen MR) is 80.9 cm³/mol. The molecule has 0 spiro atoms. The lowest BCUT2D eigenvalue weighted by Crippen LogP contribution is -2.12. The van der Waals surface area contributed by atoms with Crippen molar-refractivity contribution in [2.45, 2.75) is 32.4 Å². The molecule has 102 valence electrons. The summed E-state index contributed by atoms with van der Waals surface area (Å²) in [5.41, 5.74) is 0.840. The van der Waals surface area contributed by atoms with Gasteiger partial charge in [-0.05, 0) is 37.6 Å². The Balaban J connectivity index is 2.23. The molecular formula is C13H15Br2N3O. The monoisotopic (exact) mass is 387 g/mol. The molecule has 0 aliphatic rings. The van der Waals surface area contributed by atoms with E-state index in [2.05, 4.69) is 41.9 Å². The van der Waals surface area contributed by atoms with Gasteiger partial charge in [0.25, 0.3) is 0 Å². The van der Waals surface area contributed by atoms with Crippen LogP contribution in [0.25, 0.3) is 0 Å². The minimum Gasteiger partial charge on any atom is -0.388 e. The fourth-order valence-electron chi connectivity index (χ4n) is 1.90. The second-order valence-electron chi connectivity index (χ2n) is 4.60. The van der Waals surface area contributed by atoms with Crippen molar-refractivity contribution in [3.8, 4) is 0 Å². The molecule has 1 N–H and O–H groups in total. The molecule has 0 saturated heterocycles. The number of benzene rings is 1. The first kappa shape index (κ1) is 14.7. The molecular weight excluding hydrogens is 374 g/mol. The average Bonchev–Trinajstić information content (AvgIpc) is 2.80. The minimum atomic E-state index is -0.617. The molecule has 0 fully saturated rings. The van der Waals surface area contributed by atoms with Gasteiger partial charge in [-0.15, -0.1) is 0 Å². The van der Waals surface area contributed by atoms with Crippen LogP contribution in [-0.2, 0) is 6.42 Å². The van der Waals surface area contributed by atoms with Crippen LogP contribution in [0.2, 0.25) is 0 Å². The van der Waals surface area contributed by atoms with Gasteiger partial charge in [-0.3, -0.25) is 0 Å². The lowest BCUT2D eigenvalue weighted by atomic mass is 10.1. The second kappa shape index (κ2) is 6.15. The second-order valence-corrected chi connectivity index (χ2v) is 6.37. The Morgan fingerprint density at radius 3 is 2.74 bits per heavy atom. The average molecular weight is 389 g/mol. The van der Waals surface area contributed by atoms with Crippen LogP contribution in [0.5, 0.6) is 0 Å². The van der Waals surface area contributed by atoms with Gasteiger partial charge in [0, 0.05) is 21.4 Å². The van der Waals surface area contributed by atoms with E-state index < -0.39 is 6.10 Å². The van der Waals surface area contributed by atoms with Crippen LogP contribution in [0.3, 0.4) is 0 Å². The molecule has 19 heavy (non-hydrogen) atoms. The van der Waals surface area contributed by atoms with Gasteiger partial charge in [-0.2, -0.15) is 5.10 Å². The molecule has 4 nitrogen and oxygen atoms in total. The molecule has 1 heterocycles. The molecule has 1 atom stereocenters. The molecule has 1 unspecified atom stereocenters. The van der Waals surface area contributed by atoms with Gasteiger partial charge in [0.05, 0.1) is 6.10 Å². The van der Waals surface area contributed by atoms with Crippen molar-refractivity contribution in [3.05, 3.63) is 44.9 Å². The molecule has 6 heteroatoms. The zero-order valence-electron chi connectivity index (χ0n) is 10.7. The number of hydrogen-bond acceptors (Lipinski definition) is 3. The Kier molecular flexibility index (Phi) is 4.76. The first-order valence-electron chi connectivity index (χ1n) is 6.00. The number of halogens is 2. The van der Waals surface area contributed by atoms with Crippen molar-refractivity contribution >= 4 is 31.9 Å². The van der Waals surface area contributed by atoms with E-state index in [-0.39, 0.29) is 6.04 Å². The number of aliphatic hydroxyl groups is 1. The quantitative estimate of drug-likeness (QED) is 0.869. The summed E-state index contributed by atoms with van der Waals surface area (Å²) >= 11 is 6.87. The van der Waals surface area contributed by atoms with Crippen molar-refractivity contribution in [3.63, 3.8) is 0 Å². The molecule has 0 aliphatic heterocycles. The summed E-state index contributed by atoms with van der Waals surface area (Å²) in [5.74, 6) is 0.786. The first-order chi connectivity index (χ1) is 8.99. The third-order valence-corrected chi connectivity index (χ3v) is 4.04. The van der Waals surface area contributed by atoms with E-state index in [0.717, 1.165) is 20.3 Å². The predicted octanol–water partition coefficient (Wildman–Crippen LogP) is 3.66. The van der Waals surface area contributed by atoms with Gasteiger partial charge in [0.2, 0.25) is 0 Å². The van der Waals surface area contributed by atoms with E-state index in [4.69, 9.17) is 0 Å². The molecule has 1 aromatic carbocycles. The van der Waals surface area contributed by atoms with Crippen LogP contribution >= 0.6 is 31.9 Å². The molecule has 0 amide bonds. The summed E-state index contributed by atoms with van der Waals surface area (Å²) in [7, 11) is 0. The fourth-order valence-corrected chi connectivity index (χ4v) is 2.79. The van der Waals surface area contributed by atoms with E-state index in [0.29, 0.717) is 6.42 Å². The van der Waals surface area contributed by atoms with Crippen molar-refractivity contribution in [2.24, 2.45) is 0 Å². The van der Waals surface area contributed by atoms with Crippen molar-refractivity contribution < 1.29 is 5.11 Å². The van der Waals surface area contributed by atoms with E-state index in [1.54, 1.807) is 0 Å². The number of aromatic nitrogens is 3. The summed E-state index contributed by atoms with van der Waals surface area (Å²) in [4.78, 5) is 4.22. The van der Waals surface area contributed by atoms with Crippen molar-refractivity contribution in [1.29, 1.82) is 0 Å². The van der Waals surface area contributed by atoms with Crippen LogP contribution in [0.1, 0.15) is 37.4 Å². The van der Waals surface area contributed by atoms with Gasteiger partial charge in [-0.1, -0.05) is 31.9 Å². The minimum absolute atomic E-state index is 0.232. The maximum atomic E-state index is 10.4. The number of nitrogens with zero attached hydrogens (tertiary/aromatic N) is 3. The summed E-state index contributed by atoms with van der Waals surface area (Å²) in [6.07, 6.45) is 1.35. The lowest BCUT2D eigenvalue weighted by Gasteiger charge is -2.15. The highest BCUT2D eigenvalue weighted by Crippen LogP contribution is 2.28. The summed E-state index contributed by atoms with van der Waals surface area (Å²) in [6, 6.07) is 5.98. The highest BCUT2D eigenvalue weighted by atomic mass is 79.9. The van der Waals surface area contributed by atoms with E-state index in [1.807, 2.05) is 36.7 Å². The largest absolute Gasteiger partial charge is 0.388 e. The lowest BCUT2D eigenvalue weighted by molar-refractivity contribution is 0.172. The highest BCUT2D eigenvalue weighted by Gasteiger charge is 2.17. The molecule has 2 rings (SSSR count). The van der Waals surface area contributed by atoms with Crippen molar-refractivity contribution in [2.75, 3.05) is 0 Å². The zero-order valence-corrected chi connectivity index (χ0v) is 13.9. The molecule has 0 aliphatic carbocycles. The number of rotatable bonds is 4. The Hall–Kier alpha value is -0.720. The number of hydrogen-bond donors (Lipinski definition) is 1. The topological polar surface area (TPSA) is 50.9 Å².